The van der Waals surface area contributed by atoms with Crippen molar-refractivity contribution in [2.45, 2.75) is 13.3 Å². The number of pyridine rings is 1. The van der Waals surface area contributed by atoms with E-state index in [9.17, 15) is 4.79 Å². The third-order valence-electron chi connectivity index (χ3n) is 3.31. The van der Waals surface area contributed by atoms with Gasteiger partial charge in [0.15, 0.2) is 11.4 Å². The molecule has 0 spiro atoms. The molecule has 112 valence electrons. The first-order valence-corrected chi connectivity index (χ1v) is 7.79. The predicted octanol–water partition coefficient (Wildman–Crippen LogP) is 3.39. The zero-order valence-electron chi connectivity index (χ0n) is 12.1. The maximum Gasteiger partial charge on any atom is 0.258 e. The molecule has 1 aromatic carbocycles. The van der Waals surface area contributed by atoms with Crippen LogP contribution < -0.4 is 10.3 Å². The van der Waals surface area contributed by atoms with Gasteiger partial charge in [0.05, 0.1) is 6.61 Å². The van der Waals surface area contributed by atoms with Gasteiger partial charge in [0.1, 0.15) is 0 Å². The molecule has 0 unspecified atom stereocenters. The van der Waals surface area contributed by atoms with Gasteiger partial charge in [-0.2, -0.15) is 0 Å². The van der Waals surface area contributed by atoms with Crippen LogP contribution in [0.3, 0.4) is 0 Å². The Kier molecular flexibility index (Phi) is 4.24. The summed E-state index contributed by atoms with van der Waals surface area (Å²) in [6.07, 6.45) is 2.50. The highest BCUT2D eigenvalue weighted by molar-refractivity contribution is 9.10. The van der Waals surface area contributed by atoms with Gasteiger partial charge >= 0.3 is 0 Å². The van der Waals surface area contributed by atoms with E-state index in [-0.39, 0.29) is 5.56 Å². The van der Waals surface area contributed by atoms with E-state index in [2.05, 4.69) is 33.0 Å². The maximum atomic E-state index is 12.0. The summed E-state index contributed by atoms with van der Waals surface area (Å²) in [6, 6.07) is 13.5. The predicted molar refractivity (Wildman–Crippen MR) is 89.5 cm³/mol. The minimum Gasteiger partial charge on any atom is -0.489 e. The number of benzene rings is 1. The van der Waals surface area contributed by atoms with E-state index in [0.717, 1.165) is 10.9 Å². The summed E-state index contributed by atoms with van der Waals surface area (Å²) < 4.78 is 8.14. The van der Waals surface area contributed by atoms with Crippen molar-refractivity contribution in [3.63, 3.8) is 0 Å². The van der Waals surface area contributed by atoms with E-state index in [1.54, 1.807) is 13.1 Å². The van der Waals surface area contributed by atoms with Crippen LogP contribution in [-0.4, -0.2) is 16.0 Å². The van der Waals surface area contributed by atoms with Crippen molar-refractivity contribution < 1.29 is 4.74 Å². The average Bonchev–Trinajstić information content (AvgIpc) is 2.49. The molecule has 0 atom stereocenters. The molecule has 3 aromatic rings. The molecule has 2 heterocycles. The van der Waals surface area contributed by atoms with Crippen LogP contribution in [0, 0.1) is 6.92 Å². The largest absolute Gasteiger partial charge is 0.489 e. The zero-order valence-corrected chi connectivity index (χ0v) is 13.7. The molecule has 2 aromatic heterocycles. The molecule has 0 saturated heterocycles. The normalized spacial score (nSPS) is 10.8. The molecular weight excluding hydrogens is 344 g/mol. The number of aromatic nitrogens is 2. The second-order valence-corrected chi connectivity index (χ2v) is 5.95. The van der Waals surface area contributed by atoms with E-state index in [4.69, 9.17) is 4.74 Å². The van der Waals surface area contributed by atoms with E-state index in [1.807, 2.05) is 24.3 Å². The highest BCUT2D eigenvalue weighted by Gasteiger charge is 2.08. The number of fused-ring (bicyclic) bond motifs is 1. The van der Waals surface area contributed by atoms with Crippen molar-refractivity contribution in [3.8, 4) is 5.75 Å². The Morgan fingerprint density at radius 3 is 2.77 bits per heavy atom. The van der Waals surface area contributed by atoms with Crippen molar-refractivity contribution in [1.29, 1.82) is 0 Å². The number of nitrogens with zero attached hydrogens (tertiary/aromatic N) is 2. The first-order valence-electron chi connectivity index (χ1n) is 7.00. The monoisotopic (exact) mass is 358 g/mol. The number of halogens is 1. The number of aryl methyl sites for hydroxylation is 1. The Morgan fingerprint density at radius 2 is 2.00 bits per heavy atom. The van der Waals surface area contributed by atoms with Crippen LogP contribution in [0.2, 0.25) is 0 Å². The van der Waals surface area contributed by atoms with E-state index < -0.39 is 0 Å². The van der Waals surface area contributed by atoms with E-state index in [0.29, 0.717) is 23.7 Å². The van der Waals surface area contributed by atoms with Gasteiger partial charge in [-0.15, -0.1) is 0 Å². The molecule has 0 bridgehead atoms. The second-order valence-electron chi connectivity index (χ2n) is 5.04. The van der Waals surface area contributed by atoms with E-state index >= 15 is 0 Å². The molecule has 22 heavy (non-hydrogen) atoms. The van der Waals surface area contributed by atoms with Gasteiger partial charge in [0.25, 0.3) is 5.56 Å². The molecule has 3 rings (SSSR count). The lowest BCUT2D eigenvalue weighted by Gasteiger charge is -2.10. The molecule has 0 saturated carbocycles. The molecule has 0 fully saturated rings. The Labute approximate surface area is 136 Å². The fraction of sp³-hybridized carbons (Fsp3) is 0.176. The SMILES string of the molecule is Cc1cc(=O)n2cc(Br)cc(OCCc3ccccc3)c2n1. The summed E-state index contributed by atoms with van der Waals surface area (Å²) in [6.45, 7) is 2.33. The second kappa shape index (κ2) is 6.32. The molecule has 0 aliphatic carbocycles. The van der Waals surface area contributed by atoms with Crippen molar-refractivity contribution in [2.75, 3.05) is 6.61 Å². The summed E-state index contributed by atoms with van der Waals surface area (Å²) in [7, 11) is 0. The van der Waals surface area contributed by atoms with Gasteiger partial charge in [-0.05, 0) is 34.5 Å². The highest BCUT2D eigenvalue weighted by atomic mass is 79.9. The zero-order chi connectivity index (χ0) is 15.5. The van der Waals surface area contributed by atoms with Crippen LogP contribution >= 0.6 is 15.9 Å². The van der Waals surface area contributed by atoms with Crippen LogP contribution in [0.5, 0.6) is 5.75 Å². The Bertz CT molecular complexity index is 860. The van der Waals surface area contributed by atoms with Crippen molar-refractivity contribution in [3.05, 3.63) is 74.7 Å². The molecule has 0 radical (unpaired) electrons. The third kappa shape index (κ3) is 3.20. The minimum absolute atomic E-state index is 0.114. The quantitative estimate of drug-likeness (QED) is 0.717. The summed E-state index contributed by atoms with van der Waals surface area (Å²) in [5.74, 6) is 0.603. The smallest absolute Gasteiger partial charge is 0.258 e. The summed E-state index contributed by atoms with van der Waals surface area (Å²) in [5.41, 5.74) is 2.32. The first-order chi connectivity index (χ1) is 10.6. The molecule has 0 amide bonds. The summed E-state index contributed by atoms with van der Waals surface area (Å²) in [4.78, 5) is 16.5. The standard InChI is InChI=1S/C17H15BrN2O2/c1-12-9-16(21)20-11-14(18)10-15(17(20)19-12)22-8-7-13-5-3-2-4-6-13/h2-6,9-11H,7-8H2,1H3. The van der Waals surface area contributed by atoms with Gasteiger partial charge in [0, 0.05) is 28.9 Å². The Balaban J connectivity index is 1.88. The molecule has 4 nitrogen and oxygen atoms in total. The maximum absolute atomic E-state index is 12.0. The van der Waals surface area contributed by atoms with Gasteiger partial charge in [-0.3, -0.25) is 9.20 Å². The van der Waals surface area contributed by atoms with Crippen molar-refractivity contribution in [1.82, 2.24) is 9.38 Å². The molecular formula is C17H15BrN2O2. The molecule has 0 aliphatic rings. The number of hydrogen-bond acceptors (Lipinski definition) is 3. The molecule has 0 aliphatic heterocycles. The first kappa shape index (κ1) is 14.8. The fourth-order valence-corrected chi connectivity index (χ4v) is 2.70. The van der Waals surface area contributed by atoms with Gasteiger partial charge in [0.2, 0.25) is 0 Å². The van der Waals surface area contributed by atoms with Crippen LogP contribution in [-0.2, 0) is 6.42 Å². The van der Waals surface area contributed by atoms with Crippen LogP contribution in [0.15, 0.2) is 57.9 Å². The molecule has 0 N–H and O–H groups in total. The minimum atomic E-state index is -0.114. The van der Waals surface area contributed by atoms with Crippen molar-refractivity contribution >= 4 is 21.6 Å². The van der Waals surface area contributed by atoms with Crippen LogP contribution in [0.25, 0.3) is 5.65 Å². The topological polar surface area (TPSA) is 43.6 Å². The third-order valence-corrected chi connectivity index (χ3v) is 3.75. The van der Waals surface area contributed by atoms with Crippen LogP contribution in [0.1, 0.15) is 11.3 Å². The number of hydrogen-bond donors (Lipinski definition) is 0. The van der Waals surface area contributed by atoms with Crippen molar-refractivity contribution in [2.24, 2.45) is 0 Å². The van der Waals surface area contributed by atoms with E-state index in [1.165, 1.54) is 16.0 Å². The number of rotatable bonds is 4. The van der Waals surface area contributed by atoms with Gasteiger partial charge in [-0.25, -0.2) is 4.98 Å². The number of ether oxygens (including phenoxy) is 1. The average molecular weight is 359 g/mol. The lowest BCUT2D eigenvalue weighted by molar-refractivity contribution is 0.323. The highest BCUT2D eigenvalue weighted by Crippen LogP contribution is 2.22. The van der Waals surface area contributed by atoms with Gasteiger partial charge < -0.3 is 4.74 Å². The fourth-order valence-electron chi connectivity index (χ4n) is 2.28. The molecule has 5 heteroatoms. The Morgan fingerprint density at radius 1 is 1.23 bits per heavy atom. The van der Waals surface area contributed by atoms with Gasteiger partial charge in [-0.1, -0.05) is 30.3 Å². The summed E-state index contributed by atoms with van der Waals surface area (Å²) in [5, 5.41) is 0. The summed E-state index contributed by atoms with van der Waals surface area (Å²) >= 11 is 3.41. The van der Waals surface area contributed by atoms with Crippen LogP contribution in [0.4, 0.5) is 0 Å². The Hall–Kier alpha value is -2.14. The lowest BCUT2D eigenvalue weighted by atomic mass is 10.2. The lowest BCUT2D eigenvalue weighted by Crippen LogP contribution is -2.16.